The van der Waals surface area contributed by atoms with Crippen molar-refractivity contribution >= 4 is 27.6 Å². The smallest absolute Gasteiger partial charge is 0.137 e. The normalized spacial score (nSPS) is 11.4. The van der Waals surface area contributed by atoms with E-state index < -0.39 is 0 Å². The topological polar surface area (TPSA) is 43.1 Å². The van der Waals surface area contributed by atoms with Gasteiger partial charge in [0.15, 0.2) is 0 Å². The SMILES string of the molecule is c1ccc(-c2cc(-c3ccc(-c4nc5ccccc5c5nc6ccccn6c45)cc3)cc(-c3ccccc3)n2)cc1. The van der Waals surface area contributed by atoms with Crippen LogP contribution >= 0.6 is 0 Å². The van der Waals surface area contributed by atoms with E-state index in [0.29, 0.717) is 0 Å². The predicted octanol–water partition coefficient (Wildman–Crippen LogP) is 9.10. The Morgan fingerprint density at radius 2 is 1.05 bits per heavy atom. The van der Waals surface area contributed by atoms with Gasteiger partial charge >= 0.3 is 0 Å². The number of imidazole rings is 1. The van der Waals surface area contributed by atoms with E-state index in [-0.39, 0.29) is 0 Å². The minimum Gasteiger partial charge on any atom is -0.298 e. The molecule has 4 nitrogen and oxygen atoms in total. The molecule has 192 valence electrons. The lowest BCUT2D eigenvalue weighted by Gasteiger charge is -2.11. The molecule has 4 heteroatoms. The van der Waals surface area contributed by atoms with Gasteiger partial charge in [-0.25, -0.2) is 15.0 Å². The molecule has 8 aromatic rings. The molecule has 0 fully saturated rings. The third kappa shape index (κ3) is 4.05. The van der Waals surface area contributed by atoms with Crippen molar-refractivity contribution in [2.24, 2.45) is 0 Å². The number of rotatable bonds is 4. The summed E-state index contributed by atoms with van der Waals surface area (Å²) in [5, 5.41) is 1.06. The first-order chi connectivity index (χ1) is 20.3. The lowest BCUT2D eigenvalue weighted by atomic mass is 9.98. The Morgan fingerprint density at radius 3 is 1.76 bits per heavy atom. The summed E-state index contributed by atoms with van der Waals surface area (Å²) in [5.41, 5.74) is 12.2. The first-order valence-electron chi connectivity index (χ1n) is 13.7. The van der Waals surface area contributed by atoms with Gasteiger partial charge in [-0.2, -0.15) is 0 Å². The van der Waals surface area contributed by atoms with E-state index in [1.807, 2.05) is 42.5 Å². The monoisotopic (exact) mass is 524 g/mol. The van der Waals surface area contributed by atoms with Gasteiger partial charge in [0.25, 0.3) is 0 Å². The lowest BCUT2D eigenvalue weighted by molar-refractivity contribution is 1.22. The Kier molecular flexibility index (Phi) is 5.42. The highest BCUT2D eigenvalue weighted by Crippen LogP contribution is 2.35. The van der Waals surface area contributed by atoms with E-state index in [2.05, 4.69) is 108 Å². The molecular formula is C37H24N4. The molecule has 0 spiro atoms. The highest BCUT2D eigenvalue weighted by Gasteiger charge is 2.16. The van der Waals surface area contributed by atoms with Gasteiger partial charge in [0, 0.05) is 28.3 Å². The summed E-state index contributed by atoms with van der Waals surface area (Å²) in [6.07, 6.45) is 2.06. The molecule has 0 radical (unpaired) electrons. The number of benzene rings is 4. The second kappa shape index (κ2) is 9.54. The van der Waals surface area contributed by atoms with Gasteiger partial charge in [-0.05, 0) is 41.5 Å². The van der Waals surface area contributed by atoms with E-state index in [9.17, 15) is 0 Å². The number of pyridine rings is 3. The molecule has 4 aromatic heterocycles. The Hall–Kier alpha value is -5.61. The van der Waals surface area contributed by atoms with Gasteiger partial charge < -0.3 is 0 Å². The summed E-state index contributed by atoms with van der Waals surface area (Å²) in [6, 6.07) is 48.1. The van der Waals surface area contributed by atoms with E-state index in [4.69, 9.17) is 15.0 Å². The largest absolute Gasteiger partial charge is 0.298 e. The average molecular weight is 525 g/mol. The van der Waals surface area contributed by atoms with Crippen LogP contribution in [-0.4, -0.2) is 19.4 Å². The van der Waals surface area contributed by atoms with Crippen molar-refractivity contribution < 1.29 is 0 Å². The molecule has 4 aromatic carbocycles. The summed E-state index contributed by atoms with van der Waals surface area (Å²) in [7, 11) is 0. The summed E-state index contributed by atoms with van der Waals surface area (Å²) >= 11 is 0. The first kappa shape index (κ1) is 23.3. The zero-order valence-electron chi connectivity index (χ0n) is 22.1. The summed E-state index contributed by atoms with van der Waals surface area (Å²) < 4.78 is 2.14. The maximum atomic E-state index is 5.14. The van der Waals surface area contributed by atoms with Crippen molar-refractivity contribution in [2.45, 2.75) is 0 Å². The van der Waals surface area contributed by atoms with E-state index in [0.717, 1.165) is 72.5 Å². The summed E-state index contributed by atoms with van der Waals surface area (Å²) in [4.78, 5) is 15.2. The average Bonchev–Trinajstić information content (AvgIpc) is 3.45. The predicted molar refractivity (Wildman–Crippen MR) is 168 cm³/mol. The number of nitrogens with zero attached hydrogens (tertiary/aromatic N) is 4. The minimum absolute atomic E-state index is 0.914. The van der Waals surface area contributed by atoms with E-state index in [1.165, 1.54) is 0 Å². The zero-order valence-corrected chi connectivity index (χ0v) is 22.1. The number of fused-ring (bicyclic) bond motifs is 5. The van der Waals surface area contributed by atoms with Crippen molar-refractivity contribution in [1.82, 2.24) is 19.4 Å². The first-order valence-corrected chi connectivity index (χ1v) is 13.7. The molecule has 4 heterocycles. The molecule has 0 atom stereocenters. The van der Waals surface area contributed by atoms with E-state index in [1.54, 1.807) is 0 Å². The molecule has 41 heavy (non-hydrogen) atoms. The number of hydrogen-bond donors (Lipinski definition) is 0. The Morgan fingerprint density at radius 1 is 0.439 bits per heavy atom. The van der Waals surface area contributed by atoms with Crippen LogP contribution in [0.4, 0.5) is 0 Å². The molecule has 0 saturated heterocycles. The highest BCUT2D eigenvalue weighted by atomic mass is 15.0. The highest BCUT2D eigenvalue weighted by molar-refractivity contribution is 6.09. The zero-order chi connectivity index (χ0) is 27.2. The van der Waals surface area contributed by atoms with Crippen LogP contribution in [0.5, 0.6) is 0 Å². The number of hydrogen-bond acceptors (Lipinski definition) is 3. The molecule has 0 aliphatic heterocycles. The molecule has 0 bridgehead atoms. The molecule has 0 aliphatic rings. The van der Waals surface area contributed by atoms with Crippen LogP contribution in [0.2, 0.25) is 0 Å². The third-order valence-electron chi connectivity index (χ3n) is 7.60. The fourth-order valence-electron chi connectivity index (χ4n) is 5.59. The lowest BCUT2D eigenvalue weighted by Crippen LogP contribution is -1.93. The number of aromatic nitrogens is 4. The van der Waals surface area contributed by atoms with Crippen molar-refractivity contribution in [3.05, 3.63) is 146 Å². The molecule has 0 unspecified atom stereocenters. The van der Waals surface area contributed by atoms with Crippen molar-refractivity contribution in [3.8, 4) is 44.9 Å². The molecular weight excluding hydrogens is 500 g/mol. The van der Waals surface area contributed by atoms with E-state index >= 15 is 0 Å². The van der Waals surface area contributed by atoms with Crippen LogP contribution in [0.15, 0.2) is 146 Å². The van der Waals surface area contributed by atoms with Crippen LogP contribution in [0.1, 0.15) is 0 Å². The van der Waals surface area contributed by atoms with Crippen LogP contribution < -0.4 is 0 Å². The maximum absolute atomic E-state index is 5.14. The molecule has 0 amide bonds. The fraction of sp³-hybridized carbons (Fsp3) is 0. The van der Waals surface area contributed by atoms with Crippen molar-refractivity contribution in [3.63, 3.8) is 0 Å². The van der Waals surface area contributed by atoms with Crippen LogP contribution in [0, 0.1) is 0 Å². The Balaban J connectivity index is 1.29. The maximum Gasteiger partial charge on any atom is 0.137 e. The second-order valence-electron chi connectivity index (χ2n) is 10.2. The van der Waals surface area contributed by atoms with Crippen LogP contribution in [0.25, 0.3) is 72.5 Å². The Labute approximate surface area is 237 Å². The van der Waals surface area contributed by atoms with Gasteiger partial charge in [0.05, 0.1) is 28.1 Å². The van der Waals surface area contributed by atoms with Crippen molar-refractivity contribution in [1.29, 1.82) is 0 Å². The molecule has 0 aliphatic carbocycles. The van der Waals surface area contributed by atoms with Crippen LogP contribution in [-0.2, 0) is 0 Å². The molecule has 0 saturated carbocycles. The number of para-hydroxylation sites is 1. The van der Waals surface area contributed by atoms with Gasteiger partial charge in [-0.15, -0.1) is 0 Å². The standard InChI is InChI=1S/C37H24N4/c1-3-11-26(12-4-1)32-23-29(24-33(38-32)27-13-5-2-6-14-27)25-18-20-28(21-19-25)35-37-36(30-15-7-8-16-31(30)39-35)40-34-17-9-10-22-41(34)37/h1-24H. The summed E-state index contributed by atoms with van der Waals surface area (Å²) in [6.45, 7) is 0. The summed E-state index contributed by atoms with van der Waals surface area (Å²) in [5.74, 6) is 0. The minimum atomic E-state index is 0.914. The molecule has 0 N–H and O–H groups in total. The quantitative estimate of drug-likeness (QED) is 0.231. The van der Waals surface area contributed by atoms with Gasteiger partial charge in [-0.3, -0.25) is 4.40 Å². The molecule has 8 rings (SSSR count). The van der Waals surface area contributed by atoms with Crippen LogP contribution in [0.3, 0.4) is 0 Å². The second-order valence-corrected chi connectivity index (χ2v) is 10.2. The van der Waals surface area contributed by atoms with Gasteiger partial charge in [-0.1, -0.05) is 109 Å². The fourth-order valence-corrected chi connectivity index (χ4v) is 5.59. The van der Waals surface area contributed by atoms with Gasteiger partial charge in [0.1, 0.15) is 11.2 Å². The van der Waals surface area contributed by atoms with Crippen molar-refractivity contribution in [2.75, 3.05) is 0 Å². The van der Waals surface area contributed by atoms with Gasteiger partial charge in [0.2, 0.25) is 0 Å². The third-order valence-corrected chi connectivity index (χ3v) is 7.60. The Bertz CT molecular complexity index is 2120.